The SMILES string of the molecule is Cc1cc(NC(=O)c2cc(C)c(C)s2)cnc1Br. The van der Waals surface area contributed by atoms with E-state index in [2.05, 4.69) is 26.2 Å². The van der Waals surface area contributed by atoms with Gasteiger partial charge in [0.2, 0.25) is 0 Å². The molecule has 0 atom stereocenters. The number of aryl methyl sites for hydroxylation is 3. The van der Waals surface area contributed by atoms with Crippen LogP contribution >= 0.6 is 27.3 Å². The molecule has 2 aromatic heterocycles. The number of thiophene rings is 1. The maximum Gasteiger partial charge on any atom is 0.265 e. The van der Waals surface area contributed by atoms with Crippen molar-refractivity contribution in [2.24, 2.45) is 0 Å². The summed E-state index contributed by atoms with van der Waals surface area (Å²) >= 11 is 4.84. The van der Waals surface area contributed by atoms with Crippen LogP contribution in [-0.2, 0) is 0 Å². The average molecular weight is 325 g/mol. The van der Waals surface area contributed by atoms with Gasteiger partial charge in [-0.15, -0.1) is 11.3 Å². The minimum absolute atomic E-state index is 0.0836. The van der Waals surface area contributed by atoms with Crippen LogP contribution in [0.1, 0.15) is 25.7 Å². The van der Waals surface area contributed by atoms with Crippen LogP contribution in [-0.4, -0.2) is 10.9 Å². The molecular formula is C13H13BrN2OS. The molecule has 94 valence electrons. The quantitative estimate of drug-likeness (QED) is 0.845. The Morgan fingerprint density at radius 3 is 2.56 bits per heavy atom. The summed E-state index contributed by atoms with van der Waals surface area (Å²) in [5.74, 6) is -0.0836. The van der Waals surface area contributed by atoms with Gasteiger partial charge in [-0.05, 0) is 60.0 Å². The molecule has 2 rings (SSSR count). The maximum absolute atomic E-state index is 12.0. The molecule has 0 aromatic carbocycles. The molecule has 2 heterocycles. The Hall–Kier alpha value is -1.20. The highest BCUT2D eigenvalue weighted by Crippen LogP contribution is 2.22. The zero-order valence-corrected chi connectivity index (χ0v) is 12.8. The number of aromatic nitrogens is 1. The summed E-state index contributed by atoms with van der Waals surface area (Å²) in [5.41, 5.74) is 2.85. The van der Waals surface area contributed by atoms with E-state index in [1.54, 1.807) is 6.20 Å². The van der Waals surface area contributed by atoms with Gasteiger partial charge in [0.1, 0.15) is 4.60 Å². The molecule has 0 saturated carbocycles. The molecule has 0 spiro atoms. The zero-order chi connectivity index (χ0) is 13.3. The van der Waals surface area contributed by atoms with Crippen molar-refractivity contribution in [1.29, 1.82) is 0 Å². The fourth-order valence-corrected chi connectivity index (χ4v) is 2.65. The number of amides is 1. The molecule has 0 aliphatic carbocycles. The Morgan fingerprint density at radius 1 is 1.28 bits per heavy atom. The summed E-state index contributed by atoms with van der Waals surface area (Å²) in [6.45, 7) is 5.96. The van der Waals surface area contributed by atoms with Gasteiger partial charge in [0.25, 0.3) is 5.91 Å². The van der Waals surface area contributed by atoms with Gasteiger partial charge < -0.3 is 5.32 Å². The van der Waals surface area contributed by atoms with Gasteiger partial charge in [0, 0.05) is 4.88 Å². The lowest BCUT2D eigenvalue weighted by Gasteiger charge is -2.05. The van der Waals surface area contributed by atoms with Crippen molar-refractivity contribution in [3.63, 3.8) is 0 Å². The van der Waals surface area contributed by atoms with Gasteiger partial charge in [0.05, 0.1) is 16.8 Å². The fourth-order valence-electron chi connectivity index (χ4n) is 1.50. The van der Waals surface area contributed by atoms with E-state index in [0.717, 1.165) is 20.6 Å². The van der Waals surface area contributed by atoms with Crippen LogP contribution < -0.4 is 5.32 Å². The normalized spacial score (nSPS) is 10.4. The second kappa shape index (κ2) is 5.20. The second-order valence-corrected chi connectivity index (χ2v) is 6.14. The van der Waals surface area contributed by atoms with Crippen molar-refractivity contribution in [1.82, 2.24) is 4.98 Å². The monoisotopic (exact) mass is 324 g/mol. The van der Waals surface area contributed by atoms with Gasteiger partial charge in [-0.3, -0.25) is 4.79 Å². The third kappa shape index (κ3) is 2.79. The standard InChI is InChI=1S/C13H13BrN2OS/c1-7-5-11(18-9(7)3)13(17)16-10-4-8(2)12(14)15-6-10/h4-6H,1-3H3,(H,16,17). The summed E-state index contributed by atoms with van der Waals surface area (Å²) in [6, 6.07) is 3.80. The first-order valence-corrected chi connectivity index (χ1v) is 7.09. The number of hydrogen-bond acceptors (Lipinski definition) is 3. The van der Waals surface area contributed by atoms with Gasteiger partial charge >= 0.3 is 0 Å². The molecule has 0 bridgehead atoms. The van der Waals surface area contributed by atoms with E-state index in [-0.39, 0.29) is 5.91 Å². The number of anilines is 1. The summed E-state index contributed by atoms with van der Waals surface area (Å²) in [5, 5.41) is 2.85. The molecule has 0 aliphatic rings. The average Bonchev–Trinajstić information content (AvgIpc) is 2.65. The summed E-state index contributed by atoms with van der Waals surface area (Å²) in [6.07, 6.45) is 1.64. The number of halogens is 1. The first kappa shape index (κ1) is 13.2. The molecule has 0 aliphatic heterocycles. The van der Waals surface area contributed by atoms with E-state index >= 15 is 0 Å². The highest BCUT2D eigenvalue weighted by molar-refractivity contribution is 9.10. The molecule has 1 N–H and O–H groups in total. The zero-order valence-electron chi connectivity index (χ0n) is 10.4. The topological polar surface area (TPSA) is 42.0 Å². The predicted molar refractivity (Wildman–Crippen MR) is 78.4 cm³/mol. The predicted octanol–water partition coefficient (Wildman–Crippen LogP) is 4.08. The Morgan fingerprint density at radius 2 is 2.00 bits per heavy atom. The Bertz CT molecular complexity index is 588. The van der Waals surface area contributed by atoms with Crippen molar-refractivity contribution in [2.75, 3.05) is 5.32 Å². The van der Waals surface area contributed by atoms with Gasteiger partial charge in [-0.1, -0.05) is 0 Å². The van der Waals surface area contributed by atoms with Gasteiger partial charge in [0.15, 0.2) is 0 Å². The van der Waals surface area contributed by atoms with E-state index in [0.29, 0.717) is 5.69 Å². The van der Waals surface area contributed by atoms with Crippen molar-refractivity contribution in [3.05, 3.63) is 43.8 Å². The van der Waals surface area contributed by atoms with Gasteiger partial charge in [-0.2, -0.15) is 0 Å². The first-order chi connectivity index (χ1) is 8.47. The lowest BCUT2D eigenvalue weighted by molar-refractivity contribution is 0.103. The molecule has 3 nitrogen and oxygen atoms in total. The fraction of sp³-hybridized carbons (Fsp3) is 0.231. The van der Waals surface area contributed by atoms with Crippen molar-refractivity contribution in [3.8, 4) is 0 Å². The summed E-state index contributed by atoms with van der Waals surface area (Å²) in [4.78, 5) is 18.1. The van der Waals surface area contributed by atoms with Crippen LogP contribution in [0.15, 0.2) is 22.9 Å². The molecule has 1 amide bonds. The first-order valence-electron chi connectivity index (χ1n) is 5.48. The van der Waals surface area contributed by atoms with Crippen molar-refractivity contribution in [2.45, 2.75) is 20.8 Å². The van der Waals surface area contributed by atoms with Crippen LogP contribution in [0, 0.1) is 20.8 Å². The highest BCUT2D eigenvalue weighted by Gasteiger charge is 2.11. The minimum atomic E-state index is -0.0836. The van der Waals surface area contributed by atoms with E-state index in [1.165, 1.54) is 16.2 Å². The molecular weight excluding hydrogens is 312 g/mol. The lowest BCUT2D eigenvalue weighted by atomic mass is 10.2. The van der Waals surface area contributed by atoms with Crippen LogP contribution in [0.5, 0.6) is 0 Å². The van der Waals surface area contributed by atoms with Crippen LogP contribution in [0.25, 0.3) is 0 Å². The smallest absolute Gasteiger partial charge is 0.265 e. The van der Waals surface area contributed by atoms with Gasteiger partial charge in [-0.25, -0.2) is 4.98 Å². The molecule has 0 fully saturated rings. The van der Waals surface area contributed by atoms with Crippen LogP contribution in [0.4, 0.5) is 5.69 Å². The summed E-state index contributed by atoms with van der Waals surface area (Å²) in [7, 11) is 0. The third-order valence-electron chi connectivity index (χ3n) is 2.66. The van der Waals surface area contributed by atoms with E-state index in [1.807, 2.05) is 32.9 Å². The van der Waals surface area contributed by atoms with E-state index < -0.39 is 0 Å². The minimum Gasteiger partial charge on any atom is -0.320 e. The van der Waals surface area contributed by atoms with Crippen LogP contribution in [0.3, 0.4) is 0 Å². The lowest BCUT2D eigenvalue weighted by Crippen LogP contribution is -2.10. The number of carbonyl (C=O) groups excluding carboxylic acids is 1. The summed E-state index contributed by atoms with van der Waals surface area (Å²) < 4.78 is 0.795. The number of hydrogen-bond donors (Lipinski definition) is 1. The number of carbonyl (C=O) groups is 1. The highest BCUT2D eigenvalue weighted by atomic mass is 79.9. The third-order valence-corrected chi connectivity index (χ3v) is 4.64. The van der Waals surface area contributed by atoms with E-state index in [9.17, 15) is 4.79 Å². The molecule has 0 saturated heterocycles. The Labute approximate surface area is 118 Å². The van der Waals surface area contributed by atoms with Crippen molar-refractivity contribution < 1.29 is 4.79 Å². The number of rotatable bonds is 2. The van der Waals surface area contributed by atoms with E-state index in [4.69, 9.17) is 0 Å². The van der Waals surface area contributed by atoms with Crippen LogP contribution in [0.2, 0.25) is 0 Å². The number of pyridine rings is 1. The maximum atomic E-state index is 12.0. The Balaban J connectivity index is 2.18. The van der Waals surface area contributed by atoms with Crippen molar-refractivity contribution >= 4 is 38.9 Å². The molecule has 2 aromatic rings. The largest absolute Gasteiger partial charge is 0.320 e. The second-order valence-electron chi connectivity index (χ2n) is 4.14. The number of nitrogens with zero attached hydrogens (tertiary/aromatic N) is 1. The molecule has 0 unspecified atom stereocenters. The Kier molecular flexibility index (Phi) is 3.82. The molecule has 0 radical (unpaired) electrons. The number of nitrogens with one attached hydrogen (secondary N) is 1. The molecule has 18 heavy (non-hydrogen) atoms. The molecule has 5 heteroatoms.